The van der Waals surface area contributed by atoms with Crippen LogP contribution in [0.2, 0.25) is 0 Å². The highest BCUT2D eigenvalue weighted by Gasteiger charge is 2.17. The molecular weight excluding hydrogens is 160 g/mol. The van der Waals surface area contributed by atoms with E-state index >= 15 is 0 Å². The Bertz CT molecular complexity index is 289. The van der Waals surface area contributed by atoms with Gasteiger partial charge in [0.05, 0.1) is 0 Å². The van der Waals surface area contributed by atoms with Crippen molar-refractivity contribution in [2.75, 3.05) is 0 Å². The molecule has 13 heavy (non-hydrogen) atoms. The predicted molar refractivity (Wildman–Crippen MR) is 55.1 cm³/mol. The van der Waals surface area contributed by atoms with E-state index in [4.69, 9.17) is 0 Å². The molecule has 1 nitrogen and oxygen atoms in total. The lowest BCUT2D eigenvalue weighted by Gasteiger charge is -1.92. The number of Topliss-reactive ketones (excluding diaryl/α,β-unsaturated/α-hetero) is 1. The van der Waals surface area contributed by atoms with Gasteiger partial charge in [-0.25, -0.2) is 0 Å². The topological polar surface area (TPSA) is 17.1 Å². The van der Waals surface area contributed by atoms with E-state index in [0.29, 0.717) is 12.2 Å². The van der Waals surface area contributed by atoms with Crippen LogP contribution in [-0.2, 0) is 6.42 Å². The largest absolute Gasteiger partial charge is 0.294 e. The quantitative estimate of drug-likeness (QED) is 0.593. The molecule has 0 spiro atoms. The standard InChI is InChI=1S/C9H8O.C3H8/c10-9-6-5-7-3-1-2-4-8(7)9;1-3-2/h1-4H,5-6H2;3H2,1-2H3. The molecule has 0 aromatic heterocycles. The van der Waals surface area contributed by atoms with Gasteiger partial charge in [-0.3, -0.25) is 4.79 Å². The highest BCUT2D eigenvalue weighted by atomic mass is 16.1. The van der Waals surface area contributed by atoms with Crippen LogP contribution < -0.4 is 0 Å². The van der Waals surface area contributed by atoms with Crippen LogP contribution in [0.1, 0.15) is 42.6 Å². The fourth-order valence-corrected chi connectivity index (χ4v) is 1.39. The fourth-order valence-electron chi connectivity index (χ4n) is 1.39. The second kappa shape index (κ2) is 4.80. The number of fused-ring (bicyclic) bond motifs is 1. The van der Waals surface area contributed by atoms with E-state index in [2.05, 4.69) is 13.8 Å². The second-order valence-corrected chi connectivity index (χ2v) is 3.29. The van der Waals surface area contributed by atoms with Gasteiger partial charge in [-0.05, 0) is 12.0 Å². The van der Waals surface area contributed by atoms with E-state index in [1.54, 1.807) is 0 Å². The van der Waals surface area contributed by atoms with Gasteiger partial charge in [0.15, 0.2) is 5.78 Å². The number of hydrogen-bond donors (Lipinski definition) is 0. The number of ketones is 1. The molecule has 0 heterocycles. The third-order valence-corrected chi connectivity index (χ3v) is 1.94. The summed E-state index contributed by atoms with van der Waals surface area (Å²) in [5.74, 6) is 0.301. The molecule has 0 saturated carbocycles. The van der Waals surface area contributed by atoms with E-state index in [0.717, 1.165) is 12.0 Å². The molecule has 1 heteroatoms. The lowest BCUT2D eigenvalue weighted by atomic mass is 10.1. The number of carbonyl (C=O) groups excluding carboxylic acids is 1. The lowest BCUT2D eigenvalue weighted by Crippen LogP contribution is -1.88. The molecule has 2 rings (SSSR count). The molecule has 1 aliphatic carbocycles. The van der Waals surface area contributed by atoms with Crippen LogP contribution in [0.5, 0.6) is 0 Å². The first-order valence-corrected chi connectivity index (χ1v) is 4.90. The van der Waals surface area contributed by atoms with Crippen molar-refractivity contribution in [1.29, 1.82) is 0 Å². The van der Waals surface area contributed by atoms with E-state index < -0.39 is 0 Å². The Morgan fingerprint density at radius 3 is 2.38 bits per heavy atom. The molecule has 1 aliphatic rings. The molecule has 0 saturated heterocycles. The average molecular weight is 176 g/mol. The Morgan fingerprint density at radius 1 is 1.15 bits per heavy atom. The Morgan fingerprint density at radius 2 is 1.77 bits per heavy atom. The predicted octanol–water partition coefficient (Wildman–Crippen LogP) is 3.23. The minimum atomic E-state index is 0.301. The van der Waals surface area contributed by atoms with Crippen molar-refractivity contribution in [3.05, 3.63) is 35.4 Å². The smallest absolute Gasteiger partial charge is 0.163 e. The van der Waals surface area contributed by atoms with Gasteiger partial charge in [0.2, 0.25) is 0 Å². The van der Waals surface area contributed by atoms with Gasteiger partial charge >= 0.3 is 0 Å². The molecule has 0 radical (unpaired) electrons. The van der Waals surface area contributed by atoms with Gasteiger partial charge in [0, 0.05) is 12.0 Å². The summed E-state index contributed by atoms with van der Waals surface area (Å²) in [6.07, 6.45) is 2.90. The summed E-state index contributed by atoms with van der Waals surface area (Å²) < 4.78 is 0. The second-order valence-electron chi connectivity index (χ2n) is 3.29. The minimum absolute atomic E-state index is 0.301. The van der Waals surface area contributed by atoms with E-state index in [1.165, 1.54) is 12.0 Å². The van der Waals surface area contributed by atoms with Crippen molar-refractivity contribution in [1.82, 2.24) is 0 Å². The summed E-state index contributed by atoms with van der Waals surface area (Å²) in [7, 11) is 0. The van der Waals surface area contributed by atoms with Gasteiger partial charge < -0.3 is 0 Å². The van der Waals surface area contributed by atoms with E-state index in [-0.39, 0.29) is 0 Å². The number of benzene rings is 1. The maximum atomic E-state index is 11.1. The first-order chi connectivity index (χ1) is 6.29. The van der Waals surface area contributed by atoms with Gasteiger partial charge in [-0.2, -0.15) is 0 Å². The first kappa shape index (κ1) is 9.97. The number of rotatable bonds is 0. The summed E-state index contributed by atoms with van der Waals surface area (Å²) in [5.41, 5.74) is 2.15. The third-order valence-electron chi connectivity index (χ3n) is 1.94. The molecule has 0 aliphatic heterocycles. The lowest BCUT2D eigenvalue weighted by molar-refractivity contribution is 0.0994. The Labute approximate surface area is 79.8 Å². The van der Waals surface area contributed by atoms with Crippen LogP contribution in [0.3, 0.4) is 0 Å². The van der Waals surface area contributed by atoms with Crippen LogP contribution in [-0.4, -0.2) is 5.78 Å². The fraction of sp³-hybridized carbons (Fsp3) is 0.417. The summed E-state index contributed by atoms with van der Waals surface area (Å²) in [5, 5.41) is 0. The molecule has 70 valence electrons. The van der Waals surface area contributed by atoms with Gasteiger partial charge in [0.1, 0.15) is 0 Å². The number of hydrogen-bond acceptors (Lipinski definition) is 1. The monoisotopic (exact) mass is 176 g/mol. The van der Waals surface area contributed by atoms with E-state index in [9.17, 15) is 4.79 Å². The third kappa shape index (κ3) is 2.41. The van der Waals surface area contributed by atoms with Crippen molar-refractivity contribution < 1.29 is 4.79 Å². The summed E-state index contributed by atoms with van der Waals surface area (Å²) >= 11 is 0. The zero-order chi connectivity index (χ0) is 9.68. The zero-order valence-corrected chi connectivity index (χ0v) is 8.34. The van der Waals surface area contributed by atoms with Crippen molar-refractivity contribution in [3.8, 4) is 0 Å². The highest BCUT2D eigenvalue weighted by molar-refractivity contribution is 6.00. The average Bonchev–Trinajstić information content (AvgIpc) is 2.50. The summed E-state index contributed by atoms with van der Waals surface area (Å²) in [4.78, 5) is 11.1. The van der Waals surface area contributed by atoms with Gasteiger partial charge in [0.25, 0.3) is 0 Å². The van der Waals surface area contributed by atoms with Crippen molar-refractivity contribution in [2.45, 2.75) is 33.1 Å². The Kier molecular flexibility index (Phi) is 3.69. The van der Waals surface area contributed by atoms with Crippen LogP contribution in [0.15, 0.2) is 24.3 Å². The highest BCUT2D eigenvalue weighted by Crippen LogP contribution is 2.20. The molecular formula is C12H16O. The number of carbonyl (C=O) groups is 1. The molecule has 1 aromatic rings. The van der Waals surface area contributed by atoms with Gasteiger partial charge in [-0.15, -0.1) is 0 Å². The molecule has 0 unspecified atom stereocenters. The Hall–Kier alpha value is -1.11. The zero-order valence-electron chi connectivity index (χ0n) is 8.34. The Balaban J connectivity index is 0.000000251. The maximum Gasteiger partial charge on any atom is 0.163 e. The van der Waals surface area contributed by atoms with Crippen LogP contribution >= 0.6 is 0 Å². The SMILES string of the molecule is CCC.O=C1CCc2ccccc21. The van der Waals surface area contributed by atoms with Crippen LogP contribution in [0.4, 0.5) is 0 Å². The molecule has 0 atom stereocenters. The summed E-state index contributed by atoms with van der Waals surface area (Å²) in [6.45, 7) is 4.25. The molecule has 0 amide bonds. The molecule has 0 fully saturated rings. The minimum Gasteiger partial charge on any atom is -0.294 e. The van der Waals surface area contributed by atoms with Crippen LogP contribution in [0.25, 0.3) is 0 Å². The maximum absolute atomic E-state index is 11.1. The van der Waals surface area contributed by atoms with E-state index in [1.807, 2.05) is 24.3 Å². The molecule has 0 N–H and O–H groups in total. The van der Waals surface area contributed by atoms with Crippen molar-refractivity contribution in [2.24, 2.45) is 0 Å². The van der Waals surface area contributed by atoms with Crippen molar-refractivity contribution >= 4 is 5.78 Å². The number of aryl methyl sites for hydroxylation is 1. The van der Waals surface area contributed by atoms with Crippen LogP contribution in [0, 0.1) is 0 Å². The van der Waals surface area contributed by atoms with Crippen molar-refractivity contribution in [3.63, 3.8) is 0 Å². The van der Waals surface area contributed by atoms with Gasteiger partial charge in [-0.1, -0.05) is 44.5 Å². The molecule has 0 bridgehead atoms. The molecule has 1 aromatic carbocycles. The normalized spacial score (nSPS) is 13.2. The summed E-state index contributed by atoms with van der Waals surface area (Å²) in [6, 6.07) is 7.84. The first-order valence-electron chi connectivity index (χ1n) is 4.90.